The van der Waals surface area contributed by atoms with Crippen LogP contribution in [0.2, 0.25) is 0 Å². The number of nitrogens with two attached hydrogens (primary N) is 1. The van der Waals surface area contributed by atoms with Crippen LogP contribution in [0.1, 0.15) is 5.69 Å². The Morgan fingerprint density at radius 1 is 1.36 bits per heavy atom. The summed E-state index contributed by atoms with van der Waals surface area (Å²) in [6, 6.07) is 0. The highest BCUT2D eigenvalue weighted by atomic mass is 15.2. The van der Waals surface area contributed by atoms with E-state index in [1.807, 2.05) is 6.92 Å². The molecule has 1 aromatic rings. The monoisotopic (exact) mass is 193 g/mol. The number of aromatic nitrogens is 2. The molecule has 0 saturated carbocycles. The molecular weight excluding hydrogens is 178 g/mol. The van der Waals surface area contributed by atoms with E-state index in [0.717, 1.165) is 37.7 Å². The Labute approximate surface area is 83.3 Å². The van der Waals surface area contributed by atoms with Crippen LogP contribution in [0.3, 0.4) is 0 Å². The minimum absolute atomic E-state index is 0.703. The molecule has 0 atom stereocenters. The summed E-state index contributed by atoms with van der Waals surface area (Å²) in [6.45, 7) is 5.80. The maximum Gasteiger partial charge on any atom is 0.155 e. The molecule has 1 aliphatic heterocycles. The van der Waals surface area contributed by atoms with Gasteiger partial charge in [-0.2, -0.15) is 0 Å². The number of hydrogen-bond acceptors (Lipinski definition) is 5. The third-order valence-electron chi connectivity index (χ3n) is 2.48. The van der Waals surface area contributed by atoms with Gasteiger partial charge in [0.15, 0.2) is 5.82 Å². The molecule has 2 rings (SSSR count). The third-order valence-corrected chi connectivity index (χ3v) is 2.48. The highest BCUT2D eigenvalue weighted by Crippen LogP contribution is 2.21. The molecule has 14 heavy (non-hydrogen) atoms. The Hall–Kier alpha value is -1.36. The summed E-state index contributed by atoms with van der Waals surface area (Å²) in [5.74, 6) is 0.874. The Bertz CT molecular complexity index is 319. The van der Waals surface area contributed by atoms with Crippen LogP contribution in [-0.2, 0) is 0 Å². The molecule has 5 heteroatoms. The largest absolute Gasteiger partial charge is 0.394 e. The van der Waals surface area contributed by atoms with Crippen molar-refractivity contribution in [1.29, 1.82) is 0 Å². The predicted octanol–water partition coefficient (Wildman–Crippen LogP) is -0.223. The molecule has 0 radical (unpaired) electrons. The normalized spacial score (nSPS) is 17.1. The second kappa shape index (κ2) is 3.79. The summed E-state index contributed by atoms with van der Waals surface area (Å²) in [7, 11) is 0. The van der Waals surface area contributed by atoms with Crippen molar-refractivity contribution in [2.45, 2.75) is 6.92 Å². The van der Waals surface area contributed by atoms with Crippen LogP contribution in [0.4, 0.5) is 11.5 Å². The zero-order valence-electron chi connectivity index (χ0n) is 8.32. The number of rotatable bonds is 1. The van der Waals surface area contributed by atoms with Crippen molar-refractivity contribution in [2.75, 3.05) is 36.8 Å². The number of piperazine rings is 1. The maximum atomic E-state index is 5.93. The van der Waals surface area contributed by atoms with Gasteiger partial charge in [0, 0.05) is 26.2 Å². The van der Waals surface area contributed by atoms with E-state index in [2.05, 4.69) is 20.2 Å². The zero-order chi connectivity index (χ0) is 9.97. The van der Waals surface area contributed by atoms with Crippen LogP contribution in [-0.4, -0.2) is 36.1 Å². The van der Waals surface area contributed by atoms with Crippen LogP contribution in [0, 0.1) is 6.92 Å². The molecule has 1 fully saturated rings. The van der Waals surface area contributed by atoms with Crippen molar-refractivity contribution in [3.8, 4) is 0 Å². The second-order valence-electron chi connectivity index (χ2n) is 3.43. The van der Waals surface area contributed by atoms with E-state index in [9.17, 15) is 0 Å². The van der Waals surface area contributed by atoms with Gasteiger partial charge in [-0.25, -0.2) is 9.97 Å². The molecule has 5 nitrogen and oxygen atoms in total. The molecule has 0 bridgehead atoms. The van der Waals surface area contributed by atoms with Crippen LogP contribution in [0.5, 0.6) is 0 Å². The van der Waals surface area contributed by atoms with E-state index in [0.29, 0.717) is 5.69 Å². The molecule has 2 heterocycles. The highest BCUT2D eigenvalue weighted by molar-refractivity contribution is 5.64. The first-order valence-corrected chi connectivity index (χ1v) is 4.82. The lowest BCUT2D eigenvalue weighted by atomic mass is 10.3. The fourth-order valence-corrected chi connectivity index (χ4v) is 1.60. The smallest absolute Gasteiger partial charge is 0.155 e. The van der Waals surface area contributed by atoms with Crippen molar-refractivity contribution < 1.29 is 0 Å². The number of hydrogen-bond donors (Lipinski definition) is 2. The molecule has 3 N–H and O–H groups in total. The van der Waals surface area contributed by atoms with Crippen molar-refractivity contribution in [3.63, 3.8) is 0 Å². The quantitative estimate of drug-likeness (QED) is 0.645. The van der Waals surface area contributed by atoms with E-state index >= 15 is 0 Å². The molecule has 1 aromatic heterocycles. The Morgan fingerprint density at radius 3 is 2.79 bits per heavy atom. The van der Waals surface area contributed by atoms with Gasteiger partial charge in [-0.3, -0.25) is 0 Å². The van der Waals surface area contributed by atoms with Gasteiger partial charge in [0.1, 0.15) is 6.33 Å². The minimum atomic E-state index is 0.703. The Balaban J connectivity index is 2.26. The van der Waals surface area contributed by atoms with E-state index in [-0.39, 0.29) is 0 Å². The molecule has 0 aromatic carbocycles. The summed E-state index contributed by atoms with van der Waals surface area (Å²) in [5.41, 5.74) is 7.48. The van der Waals surface area contributed by atoms with Crippen molar-refractivity contribution in [1.82, 2.24) is 15.3 Å². The van der Waals surface area contributed by atoms with Gasteiger partial charge in [-0.05, 0) is 6.92 Å². The van der Waals surface area contributed by atoms with E-state index in [1.165, 1.54) is 0 Å². The first kappa shape index (κ1) is 9.21. The first-order chi connectivity index (χ1) is 6.79. The van der Waals surface area contributed by atoms with Gasteiger partial charge in [0.2, 0.25) is 0 Å². The maximum absolute atomic E-state index is 5.93. The van der Waals surface area contributed by atoms with Gasteiger partial charge in [-0.1, -0.05) is 0 Å². The van der Waals surface area contributed by atoms with E-state index < -0.39 is 0 Å². The molecule has 0 unspecified atom stereocenters. The van der Waals surface area contributed by atoms with Crippen LogP contribution in [0.25, 0.3) is 0 Å². The number of nitrogen functional groups attached to an aromatic ring is 1. The zero-order valence-corrected chi connectivity index (χ0v) is 8.32. The Kier molecular flexibility index (Phi) is 2.49. The average molecular weight is 193 g/mol. The van der Waals surface area contributed by atoms with Gasteiger partial charge < -0.3 is 16.0 Å². The topological polar surface area (TPSA) is 67.1 Å². The minimum Gasteiger partial charge on any atom is -0.394 e. The second-order valence-corrected chi connectivity index (χ2v) is 3.43. The van der Waals surface area contributed by atoms with Gasteiger partial charge >= 0.3 is 0 Å². The number of aryl methyl sites for hydroxylation is 1. The van der Waals surface area contributed by atoms with Gasteiger partial charge in [0.25, 0.3) is 0 Å². The number of nitrogens with one attached hydrogen (secondary N) is 1. The summed E-state index contributed by atoms with van der Waals surface area (Å²) in [4.78, 5) is 10.5. The standard InChI is InChI=1S/C9H15N5/c1-7-8(10)9(13-6-12-7)14-4-2-11-3-5-14/h6,11H,2-5,10H2,1H3. The number of anilines is 2. The molecule has 1 aliphatic rings. The molecule has 0 spiro atoms. The van der Waals surface area contributed by atoms with Crippen LogP contribution < -0.4 is 16.0 Å². The Morgan fingerprint density at radius 2 is 2.07 bits per heavy atom. The summed E-state index contributed by atoms with van der Waals surface area (Å²) < 4.78 is 0. The molecule has 76 valence electrons. The highest BCUT2D eigenvalue weighted by Gasteiger charge is 2.15. The van der Waals surface area contributed by atoms with Crippen molar-refractivity contribution >= 4 is 11.5 Å². The fourth-order valence-electron chi connectivity index (χ4n) is 1.60. The van der Waals surface area contributed by atoms with Crippen molar-refractivity contribution in [3.05, 3.63) is 12.0 Å². The van der Waals surface area contributed by atoms with E-state index in [4.69, 9.17) is 5.73 Å². The lowest BCUT2D eigenvalue weighted by Gasteiger charge is -2.29. The summed E-state index contributed by atoms with van der Waals surface area (Å²) in [6.07, 6.45) is 1.57. The van der Waals surface area contributed by atoms with Crippen LogP contribution >= 0.6 is 0 Å². The SMILES string of the molecule is Cc1ncnc(N2CCNCC2)c1N. The van der Waals surface area contributed by atoms with Gasteiger partial charge in [-0.15, -0.1) is 0 Å². The first-order valence-electron chi connectivity index (χ1n) is 4.82. The lowest BCUT2D eigenvalue weighted by Crippen LogP contribution is -2.44. The predicted molar refractivity (Wildman–Crippen MR) is 56.3 cm³/mol. The van der Waals surface area contributed by atoms with Gasteiger partial charge in [0.05, 0.1) is 11.4 Å². The van der Waals surface area contributed by atoms with E-state index in [1.54, 1.807) is 6.33 Å². The summed E-state index contributed by atoms with van der Waals surface area (Å²) in [5, 5.41) is 3.29. The summed E-state index contributed by atoms with van der Waals surface area (Å²) >= 11 is 0. The van der Waals surface area contributed by atoms with Crippen molar-refractivity contribution in [2.24, 2.45) is 0 Å². The third kappa shape index (κ3) is 1.63. The fraction of sp³-hybridized carbons (Fsp3) is 0.556. The lowest BCUT2D eigenvalue weighted by molar-refractivity contribution is 0.585. The number of nitrogens with zero attached hydrogens (tertiary/aromatic N) is 3. The molecule has 0 aliphatic carbocycles. The molecule has 1 saturated heterocycles. The van der Waals surface area contributed by atoms with Crippen LogP contribution in [0.15, 0.2) is 6.33 Å². The average Bonchev–Trinajstić information content (AvgIpc) is 2.23. The molecule has 0 amide bonds. The molecular formula is C9H15N5.